The quantitative estimate of drug-likeness (QED) is 0.642. The molecular weight excluding hydrogens is 290 g/mol. The van der Waals surface area contributed by atoms with Crippen molar-refractivity contribution in [3.63, 3.8) is 0 Å². The highest BCUT2D eigenvalue weighted by atomic mass is 32.2. The van der Waals surface area contributed by atoms with E-state index in [1.807, 2.05) is 36.5 Å². The number of anilines is 1. The number of aromatic amines is 1. The van der Waals surface area contributed by atoms with Crippen LogP contribution in [0, 0.1) is 0 Å². The Morgan fingerprint density at radius 3 is 2.57 bits per heavy atom. The van der Waals surface area contributed by atoms with Crippen LogP contribution in [-0.4, -0.2) is 10.7 Å². The molecule has 0 aliphatic rings. The summed E-state index contributed by atoms with van der Waals surface area (Å²) < 4.78 is 24.5. The van der Waals surface area contributed by atoms with Gasteiger partial charge in [-0.1, -0.05) is 30.0 Å². The summed E-state index contributed by atoms with van der Waals surface area (Å²) in [6, 6.07) is 15.2. The Morgan fingerprint density at radius 2 is 1.81 bits per heavy atom. The van der Waals surface area contributed by atoms with Crippen LogP contribution >= 0.6 is 11.8 Å². The molecule has 0 radical (unpaired) electrons. The number of rotatable bonds is 5. The van der Waals surface area contributed by atoms with Crippen LogP contribution in [0.25, 0.3) is 10.9 Å². The van der Waals surface area contributed by atoms with Crippen LogP contribution in [0.4, 0.5) is 14.5 Å². The van der Waals surface area contributed by atoms with Gasteiger partial charge in [-0.05, 0) is 35.9 Å². The van der Waals surface area contributed by atoms with Gasteiger partial charge in [-0.25, -0.2) is 0 Å². The first-order valence-electron chi connectivity index (χ1n) is 6.56. The summed E-state index contributed by atoms with van der Waals surface area (Å²) in [6.45, 7) is 0.686. The first-order chi connectivity index (χ1) is 10.2. The summed E-state index contributed by atoms with van der Waals surface area (Å²) in [4.78, 5) is 3.80. The number of benzene rings is 2. The van der Waals surface area contributed by atoms with Crippen LogP contribution in [-0.2, 0) is 6.54 Å². The number of nitrogens with one attached hydrogen (secondary N) is 2. The molecule has 3 aromatic rings. The van der Waals surface area contributed by atoms with Crippen LogP contribution in [0.2, 0.25) is 0 Å². The molecule has 5 heteroatoms. The highest BCUT2D eigenvalue weighted by molar-refractivity contribution is 7.99. The van der Waals surface area contributed by atoms with Crippen LogP contribution in [0.1, 0.15) is 5.56 Å². The van der Waals surface area contributed by atoms with Gasteiger partial charge < -0.3 is 10.3 Å². The van der Waals surface area contributed by atoms with E-state index < -0.39 is 5.76 Å². The maximum Gasteiger partial charge on any atom is 0.288 e. The second-order valence-electron chi connectivity index (χ2n) is 4.62. The number of aromatic nitrogens is 1. The third-order valence-electron chi connectivity index (χ3n) is 3.24. The lowest BCUT2D eigenvalue weighted by Gasteiger charge is -2.07. The van der Waals surface area contributed by atoms with E-state index in [9.17, 15) is 8.78 Å². The normalized spacial score (nSPS) is 11.2. The molecule has 0 spiro atoms. The molecule has 0 saturated carbocycles. The molecule has 0 bridgehead atoms. The number of fused-ring (bicyclic) bond motifs is 1. The predicted octanol–water partition coefficient (Wildman–Crippen LogP) is 5.09. The molecule has 1 aromatic heterocycles. The highest BCUT2D eigenvalue weighted by Crippen LogP contribution is 2.26. The number of para-hydroxylation sites is 1. The van der Waals surface area contributed by atoms with Gasteiger partial charge in [0.15, 0.2) is 0 Å². The van der Waals surface area contributed by atoms with E-state index in [1.54, 1.807) is 12.1 Å². The minimum absolute atomic E-state index is 0.559. The molecule has 0 fully saturated rings. The fraction of sp³-hybridized carbons (Fsp3) is 0.125. The molecule has 0 unspecified atom stereocenters. The number of H-pyrrole nitrogens is 1. The van der Waals surface area contributed by atoms with Crippen molar-refractivity contribution in [2.75, 3.05) is 5.32 Å². The van der Waals surface area contributed by atoms with Gasteiger partial charge in [-0.15, -0.1) is 0 Å². The molecule has 0 saturated heterocycles. The lowest BCUT2D eigenvalue weighted by Crippen LogP contribution is -1.98. The topological polar surface area (TPSA) is 27.8 Å². The molecule has 2 aromatic carbocycles. The van der Waals surface area contributed by atoms with Crippen molar-refractivity contribution >= 4 is 28.4 Å². The summed E-state index contributed by atoms with van der Waals surface area (Å²) in [5, 5.41) is 4.49. The van der Waals surface area contributed by atoms with Gasteiger partial charge in [0.1, 0.15) is 0 Å². The number of hydrogen-bond acceptors (Lipinski definition) is 2. The van der Waals surface area contributed by atoms with Gasteiger partial charge in [0.2, 0.25) is 0 Å². The van der Waals surface area contributed by atoms with Gasteiger partial charge in [0.05, 0.1) is 0 Å². The zero-order valence-corrected chi connectivity index (χ0v) is 12.0. The first-order valence-corrected chi connectivity index (χ1v) is 7.44. The van der Waals surface area contributed by atoms with E-state index in [0.29, 0.717) is 23.2 Å². The zero-order valence-electron chi connectivity index (χ0n) is 11.1. The molecule has 2 N–H and O–H groups in total. The molecule has 0 aliphatic heterocycles. The average molecular weight is 304 g/mol. The van der Waals surface area contributed by atoms with E-state index >= 15 is 0 Å². The Hall–Kier alpha value is -2.01. The lowest BCUT2D eigenvalue weighted by atomic mass is 10.2. The van der Waals surface area contributed by atoms with E-state index in [-0.39, 0.29) is 0 Å². The SMILES string of the molecule is FC(F)Sc1ccc(NCc2c[nH]c3ccccc23)cc1. The molecule has 21 heavy (non-hydrogen) atoms. The average Bonchev–Trinajstić information content (AvgIpc) is 2.89. The largest absolute Gasteiger partial charge is 0.381 e. The lowest BCUT2D eigenvalue weighted by molar-refractivity contribution is 0.252. The van der Waals surface area contributed by atoms with Gasteiger partial charge in [0.25, 0.3) is 5.76 Å². The van der Waals surface area contributed by atoms with E-state index in [4.69, 9.17) is 0 Å². The molecular formula is C16H14F2N2S. The molecule has 1 heterocycles. The Morgan fingerprint density at radius 1 is 1.05 bits per heavy atom. The second kappa shape index (κ2) is 6.18. The molecule has 0 aliphatic carbocycles. The van der Waals surface area contributed by atoms with Gasteiger partial charge >= 0.3 is 0 Å². The van der Waals surface area contributed by atoms with Crippen molar-refractivity contribution < 1.29 is 8.78 Å². The summed E-state index contributed by atoms with van der Waals surface area (Å²) in [5.74, 6) is -2.38. The minimum atomic E-state index is -2.38. The van der Waals surface area contributed by atoms with Crippen molar-refractivity contribution in [2.24, 2.45) is 0 Å². The summed E-state index contributed by atoms with van der Waals surface area (Å²) >= 11 is 0.559. The number of thioether (sulfide) groups is 1. The summed E-state index contributed by atoms with van der Waals surface area (Å²) in [7, 11) is 0. The monoisotopic (exact) mass is 304 g/mol. The number of alkyl halides is 2. The van der Waals surface area contributed by atoms with Gasteiger partial charge in [-0.2, -0.15) is 8.78 Å². The molecule has 108 valence electrons. The van der Waals surface area contributed by atoms with Gasteiger partial charge in [-0.3, -0.25) is 0 Å². The zero-order chi connectivity index (χ0) is 14.7. The van der Waals surface area contributed by atoms with Crippen molar-refractivity contribution in [3.8, 4) is 0 Å². The fourth-order valence-corrected chi connectivity index (χ4v) is 2.73. The van der Waals surface area contributed by atoms with Crippen LogP contribution < -0.4 is 5.32 Å². The van der Waals surface area contributed by atoms with Crippen LogP contribution in [0.15, 0.2) is 59.6 Å². The van der Waals surface area contributed by atoms with Crippen LogP contribution in [0.3, 0.4) is 0 Å². The van der Waals surface area contributed by atoms with Crippen molar-refractivity contribution in [1.29, 1.82) is 0 Å². The fourth-order valence-electron chi connectivity index (χ4n) is 2.23. The summed E-state index contributed by atoms with van der Waals surface area (Å²) in [5.41, 5.74) is 3.20. The number of hydrogen-bond donors (Lipinski definition) is 2. The van der Waals surface area contributed by atoms with Gasteiger partial charge in [0, 0.05) is 34.2 Å². The predicted molar refractivity (Wildman–Crippen MR) is 83.9 cm³/mol. The smallest absolute Gasteiger partial charge is 0.288 e. The van der Waals surface area contributed by atoms with Crippen molar-refractivity contribution in [1.82, 2.24) is 4.98 Å². The third-order valence-corrected chi connectivity index (χ3v) is 3.96. The molecule has 0 amide bonds. The Kier molecular flexibility index (Phi) is 4.10. The van der Waals surface area contributed by atoms with E-state index in [1.165, 1.54) is 10.9 Å². The standard InChI is InChI=1S/C16H14F2N2S/c17-16(18)21-13-7-5-12(6-8-13)19-9-11-10-20-15-4-2-1-3-14(11)15/h1-8,10,16,19-20H,9H2. The van der Waals surface area contributed by atoms with Crippen molar-refractivity contribution in [2.45, 2.75) is 17.2 Å². The van der Waals surface area contributed by atoms with E-state index in [0.717, 1.165) is 11.2 Å². The maximum absolute atomic E-state index is 12.2. The first kappa shape index (κ1) is 13.9. The van der Waals surface area contributed by atoms with Crippen LogP contribution in [0.5, 0.6) is 0 Å². The molecule has 0 atom stereocenters. The number of halogens is 2. The third kappa shape index (κ3) is 3.36. The minimum Gasteiger partial charge on any atom is -0.381 e. The molecule has 3 rings (SSSR count). The summed E-state index contributed by atoms with van der Waals surface area (Å²) in [6.07, 6.45) is 1.98. The Bertz CT molecular complexity index is 722. The maximum atomic E-state index is 12.2. The molecule has 2 nitrogen and oxygen atoms in total. The second-order valence-corrected chi connectivity index (χ2v) is 5.68. The highest BCUT2D eigenvalue weighted by Gasteiger charge is 2.05. The Labute approximate surface area is 125 Å². The van der Waals surface area contributed by atoms with Crippen molar-refractivity contribution in [3.05, 3.63) is 60.3 Å². The Balaban J connectivity index is 1.67. The van der Waals surface area contributed by atoms with E-state index in [2.05, 4.69) is 16.4 Å².